The first-order valence-electron chi connectivity index (χ1n) is 8.56. The van der Waals surface area contributed by atoms with Gasteiger partial charge in [-0.2, -0.15) is 15.2 Å². The molecule has 0 saturated heterocycles. The van der Waals surface area contributed by atoms with Gasteiger partial charge >= 0.3 is 0 Å². The number of nitriles is 1. The molecule has 1 aromatic carbocycles. The van der Waals surface area contributed by atoms with E-state index in [0.717, 1.165) is 11.3 Å². The van der Waals surface area contributed by atoms with Gasteiger partial charge in [0.05, 0.1) is 29.4 Å². The van der Waals surface area contributed by atoms with Crippen LogP contribution in [0.1, 0.15) is 11.4 Å². The van der Waals surface area contributed by atoms with Crippen LogP contribution in [0.15, 0.2) is 18.2 Å². The number of benzene rings is 1. The minimum Gasteiger partial charge on any atom is -0.382 e. The van der Waals surface area contributed by atoms with E-state index in [0.29, 0.717) is 48.0 Å². The number of hydrogen-bond acceptors (Lipinski definition) is 8. The fraction of sp³-hybridized carbons (Fsp3) is 0.389. The second-order valence-electron chi connectivity index (χ2n) is 6.18. The van der Waals surface area contributed by atoms with Gasteiger partial charge in [0.1, 0.15) is 11.8 Å². The number of nitrogens with zero attached hydrogens (tertiary/aromatic N) is 4. The summed E-state index contributed by atoms with van der Waals surface area (Å²) in [6.07, 6.45) is -0.120. The van der Waals surface area contributed by atoms with Gasteiger partial charge in [-0.3, -0.25) is 0 Å². The van der Waals surface area contributed by atoms with Crippen LogP contribution in [-0.2, 0) is 16.0 Å². The summed E-state index contributed by atoms with van der Waals surface area (Å²) in [6.45, 7) is 2.03. The number of aromatic nitrogens is 2. The van der Waals surface area contributed by atoms with Crippen molar-refractivity contribution in [3.05, 3.63) is 39.6 Å². The number of hydrogen-bond donors (Lipinski definition) is 2. The van der Waals surface area contributed by atoms with Crippen molar-refractivity contribution in [2.24, 2.45) is 0 Å². The van der Waals surface area contributed by atoms with Gasteiger partial charge < -0.3 is 25.0 Å². The molecule has 1 unspecified atom stereocenters. The molecular weight excluding hydrogens is 403 g/mol. The van der Waals surface area contributed by atoms with Crippen LogP contribution in [-0.4, -0.2) is 50.1 Å². The molecule has 0 aliphatic carbocycles. The summed E-state index contributed by atoms with van der Waals surface area (Å²) in [5.74, 6) is 1.29. The lowest BCUT2D eigenvalue weighted by Crippen LogP contribution is -2.36. The summed E-state index contributed by atoms with van der Waals surface area (Å²) in [7, 11) is 3.27. The summed E-state index contributed by atoms with van der Waals surface area (Å²) < 4.78 is 10.6. The van der Waals surface area contributed by atoms with Gasteiger partial charge in [-0.1, -0.05) is 29.3 Å². The third kappa shape index (κ3) is 4.56. The molecule has 3 rings (SSSR count). The van der Waals surface area contributed by atoms with Crippen LogP contribution in [0.3, 0.4) is 0 Å². The molecule has 0 radical (unpaired) electrons. The van der Waals surface area contributed by atoms with Crippen LogP contribution >= 0.6 is 23.2 Å². The predicted octanol–water partition coefficient (Wildman–Crippen LogP) is 3.12. The van der Waals surface area contributed by atoms with Gasteiger partial charge in [0, 0.05) is 27.3 Å². The normalized spacial score (nSPS) is 13.6. The molecule has 0 spiro atoms. The van der Waals surface area contributed by atoms with Crippen molar-refractivity contribution in [2.75, 3.05) is 49.6 Å². The van der Waals surface area contributed by atoms with Crippen molar-refractivity contribution in [1.29, 1.82) is 5.26 Å². The van der Waals surface area contributed by atoms with E-state index in [1.165, 1.54) is 0 Å². The van der Waals surface area contributed by atoms with Crippen molar-refractivity contribution in [3.8, 4) is 6.07 Å². The lowest BCUT2D eigenvalue weighted by molar-refractivity contribution is 0.0331. The van der Waals surface area contributed by atoms with E-state index in [1.54, 1.807) is 26.4 Å². The maximum atomic E-state index is 9.33. The lowest BCUT2D eigenvalue weighted by Gasteiger charge is -2.23. The molecule has 0 bridgehead atoms. The van der Waals surface area contributed by atoms with Crippen molar-refractivity contribution in [1.82, 2.24) is 9.97 Å². The minimum absolute atomic E-state index is 0.0878. The van der Waals surface area contributed by atoms with Gasteiger partial charge in [-0.05, 0) is 17.7 Å². The van der Waals surface area contributed by atoms with Gasteiger partial charge in [-0.25, -0.2) is 0 Å². The van der Waals surface area contributed by atoms with Crippen molar-refractivity contribution < 1.29 is 9.47 Å². The Morgan fingerprint density at radius 1 is 1.32 bits per heavy atom. The fourth-order valence-corrected chi connectivity index (χ4v) is 3.20. The van der Waals surface area contributed by atoms with Crippen LogP contribution in [0.25, 0.3) is 0 Å². The molecule has 2 N–H and O–H groups in total. The van der Waals surface area contributed by atoms with E-state index in [9.17, 15) is 5.26 Å². The maximum absolute atomic E-state index is 9.33. The highest BCUT2D eigenvalue weighted by atomic mass is 35.5. The summed E-state index contributed by atoms with van der Waals surface area (Å²) in [4.78, 5) is 10.7. The first kappa shape index (κ1) is 20.4. The number of nitrogens with one attached hydrogen (secondary N) is 2. The number of anilines is 3. The molecule has 0 amide bonds. The number of halogens is 2. The standard InChI is InChI=1S/C18H20Cl2N6O2/c1-27-9-12(28-2)8-26-10-23-16-17(24-15(6-21)25-18(16)26)22-7-11-3-4-13(19)14(20)5-11/h3-5,12,23H,7-10H2,1-2H3,(H,22,24,25). The summed E-state index contributed by atoms with van der Waals surface area (Å²) in [5.41, 5.74) is 1.68. The van der Waals surface area contributed by atoms with Gasteiger partial charge in [0.2, 0.25) is 5.82 Å². The molecule has 1 aliphatic rings. The Morgan fingerprint density at radius 2 is 2.14 bits per heavy atom. The Kier molecular flexibility index (Phi) is 6.75. The van der Waals surface area contributed by atoms with Crippen LogP contribution in [0.4, 0.5) is 17.3 Å². The Bertz CT molecular complexity index is 889. The van der Waals surface area contributed by atoms with Crippen molar-refractivity contribution in [3.63, 3.8) is 0 Å². The number of rotatable bonds is 8. The van der Waals surface area contributed by atoms with E-state index in [1.807, 2.05) is 17.0 Å². The Balaban J connectivity index is 1.81. The van der Waals surface area contributed by atoms with Gasteiger partial charge in [0.25, 0.3) is 0 Å². The molecule has 1 atom stereocenters. The topological polar surface area (TPSA) is 95.3 Å². The highest BCUT2D eigenvalue weighted by Gasteiger charge is 2.27. The Labute approximate surface area is 173 Å². The lowest BCUT2D eigenvalue weighted by atomic mass is 10.2. The van der Waals surface area contributed by atoms with E-state index in [2.05, 4.69) is 20.6 Å². The largest absolute Gasteiger partial charge is 0.382 e. The molecule has 10 heteroatoms. The van der Waals surface area contributed by atoms with Crippen LogP contribution in [0, 0.1) is 11.3 Å². The summed E-state index contributed by atoms with van der Waals surface area (Å²) in [6, 6.07) is 7.42. The molecule has 8 nitrogen and oxygen atoms in total. The molecule has 148 valence electrons. The van der Waals surface area contributed by atoms with Crippen LogP contribution in [0.2, 0.25) is 10.0 Å². The van der Waals surface area contributed by atoms with E-state index >= 15 is 0 Å². The first-order valence-corrected chi connectivity index (χ1v) is 9.31. The maximum Gasteiger partial charge on any atom is 0.236 e. The van der Waals surface area contributed by atoms with Gasteiger partial charge in [-0.15, -0.1) is 0 Å². The smallest absolute Gasteiger partial charge is 0.236 e. The quantitative estimate of drug-likeness (QED) is 0.669. The van der Waals surface area contributed by atoms with Gasteiger partial charge in [0.15, 0.2) is 11.6 Å². The molecule has 2 heterocycles. The molecule has 28 heavy (non-hydrogen) atoms. The molecule has 0 fully saturated rings. The number of methoxy groups -OCH3 is 2. The second-order valence-corrected chi connectivity index (χ2v) is 6.99. The van der Waals surface area contributed by atoms with E-state index in [-0.39, 0.29) is 11.9 Å². The van der Waals surface area contributed by atoms with E-state index in [4.69, 9.17) is 32.7 Å². The first-order chi connectivity index (χ1) is 13.5. The Morgan fingerprint density at radius 3 is 2.82 bits per heavy atom. The number of ether oxygens (including phenoxy) is 2. The molecule has 1 aromatic heterocycles. The average molecular weight is 423 g/mol. The van der Waals surface area contributed by atoms with Crippen LogP contribution < -0.4 is 15.5 Å². The molecule has 2 aromatic rings. The van der Waals surface area contributed by atoms with Crippen molar-refractivity contribution >= 4 is 40.5 Å². The third-order valence-electron chi connectivity index (χ3n) is 4.29. The average Bonchev–Trinajstić information content (AvgIpc) is 3.11. The zero-order valence-corrected chi connectivity index (χ0v) is 17.0. The van der Waals surface area contributed by atoms with Crippen LogP contribution in [0.5, 0.6) is 0 Å². The zero-order chi connectivity index (χ0) is 20.1. The SMILES string of the molecule is COCC(CN1CNc2c(NCc3ccc(Cl)c(Cl)c3)nc(C#N)nc21)OC. The molecule has 1 aliphatic heterocycles. The highest BCUT2D eigenvalue weighted by Crippen LogP contribution is 2.35. The summed E-state index contributed by atoms with van der Waals surface area (Å²) in [5, 5.41) is 16.8. The zero-order valence-electron chi connectivity index (χ0n) is 15.5. The third-order valence-corrected chi connectivity index (χ3v) is 5.03. The second kappa shape index (κ2) is 9.26. The minimum atomic E-state index is -0.120. The number of fused-ring (bicyclic) bond motifs is 1. The Hall–Kier alpha value is -2.31. The fourth-order valence-electron chi connectivity index (χ4n) is 2.88. The molecule has 0 saturated carbocycles. The monoisotopic (exact) mass is 422 g/mol. The highest BCUT2D eigenvalue weighted by molar-refractivity contribution is 6.42. The van der Waals surface area contributed by atoms with E-state index < -0.39 is 0 Å². The summed E-state index contributed by atoms with van der Waals surface area (Å²) >= 11 is 12.0. The predicted molar refractivity (Wildman–Crippen MR) is 109 cm³/mol. The molecular formula is C18H20Cl2N6O2. The van der Waals surface area contributed by atoms with Crippen molar-refractivity contribution in [2.45, 2.75) is 12.6 Å².